The Balaban J connectivity index is 2.57. The van der Waals surface area contributed by atoms with Crippen LogP contribution >= 0.6 is 0 Å². The van der Waals surface area contributed by atoms with Crippen LogP contribution in [0.3, 0.4) is 0 Å². The summed E-state index contributed by atoms with van der Waals surface area (Å²) in [4.78, 5) is 4.15. The highest BCUT2D eigenvalue weighted by Gasteiger charge is 2.00. The van der Waals surface area contributed by atoms with Gasteiger partial charge in [0.25, 0.3) is 0 Å². The Kier molecular flexibility index (Phi) is 3.81. The van der Waals surface area contributed by atoms with Crippen molar-refractivity contribution in [3.8, 4) is 11.8 Å². The van der Waals surface area contributed by atoms with Crippen molar-refractivity contribution in [2.45, 2.75) is 20.3 Å². The van der Waals surface area contributed by atoms with Gasteiger partial charge in [0.15, 0.2) is 0 Å². The molecule has 0 spiro atoms. The number of hydrogen-bond acceptors (Lipinski definition) is 3. The van der Waals surface area contributed by atoms with E-state index in [1.165, 1.54) is 0 Å². The van der Waals surface area contributed by atoms with Crippen molar-refractivity contribution >= 4 is 11.5 Å². The van der Waals surface area contributed by atoms with E-state index in [9.17, 15) is 0 Å². The number of nitrogens with two attached hydrogens (primary N) is 1. The first-order chi connectivity index (χ1) is 6.75. The maximum Gasteiger partial charge on any atom is 0.149 e. The molecule has 1 rings (SSSR count). The first-order valence-electron chi connectivity index (χ1n) is 4.60. The van der Waals surface area contributed by atoms with Crippen molar-refractivity contribution in [3.63, 3.8) is 0 Å². The summed E-state index contributed by atoms with van der Waals surface area (Å²) in [6.07, 6.45) is 2.56. The fraction of sp³-hybridized carbons (Fsp3) is 0.364. The van der Waals surface area contributed by atoms with E-state index in [2.05, 4.69) is 22.1 Å². The second kappa shape index (κ2) is 5.13. The Morgan fingerprint density at radius 1 is 1.57 bits per heavy atom. The fourth-order valence-corrected chi connectivity index (χ4v) is 1.08. The molecule has 1 aromatic rings. The van der Waals surface area contributed by atoms with E-state index in [0.29, 0.717) is 0 Å². The zero-order chi connectivity index (χ0) is 10.4. The number of anilines is 2. The Morgan fingerprint density at radius 2 is 2.36 bits per heavy atom. The van der Waals surface area contributed by atoms with E-state index in [4.69, 9.17) is 5.73 Å². The van der Waals surface area contributed by atoms with Crippen LogP contribution in [0, 0.1) is 18.8 Å². The van der Waals surface area contributed by atoms with Crippen molar-refractivity contribution < 1.29 is 0 Å². The van der Waals surface area contributed by atoms with Gasteiger partial charge in [0.05, 0.1) is 5.69 Å². The molecule has 14 heavy (non-hydrogen) atoms. The first kappa shape index (κ1) is 10.4. The molecule has 3 nitrogen and oxygen atoms in total. The van der Waals surface area contributed by atoms with Gasteiger partial charge in [-0.3, -0.25) is 0 Å². The molecule has 0 saturated heterocycles. The van der Waals surface area contributed by atoms with Gasteiger partial charge in [-0.1, -0.05) is 0 Å². The molecule has 0 unspecified atom stereocenters. The average Bonchev–Trinajstić information content (AvgIpc) is 2.19. The summed E-state index contributed by atoms with van der Waals surface area (Å²) < 4.78 is 0. The third-order valence-corrected chi connectivity index (χ3v) is 1.93. The molecule has 0 saturated carbocycles. The molecule has 3 N–H and O–H groups in total. The molecule has 0 aliphatic carbocycles. The van der Waals surface area contributed by atoms with E-state index in [1.807, 2.05) is 19.9 Å². The topological polar surface area (TPSA) is 50.9 Å². The highest BCUT2D eigenvalue weighted by atomic mass is 15.0. The van der Waals surface area contributed by atoms with Crippen LogP contribution in [0.2, 0.25) is 0 Å². The van der Waals surface area contributed by atoms with Gasteiger partial charge in [-0.2, -0.15) is 0 Å². The molecule has 0 bridgehead atoms. The zero-order valence-electron chi connectivity index (χ0n) is 8.59. The van der Waals surface area contributed by atoms with Crippen LogP contribution in [0.5, 0.6) is 0 Å². The molecule has 0 fully saturated rings. The summed E-state index contributed by atoms with van der Waals surface area (Å²) in [5.41, 5.74) is 7.60. The minimum absolute atomic E-state index is 0.719. The van der Waals surface area contributed by atoms with Crippen molar-refractivity contribution in [1.82, 2.24) is 4.98 Å². The molecule has 0 amide bonds. The van der Waals surface area contributed by atoms with Crippen LogP contribution in [0.4, 0.5) is 11.5 Å². The highest BCUT2D eigenvalue weighted by Crippen LogP contribution is 2.18. The van der Waals surface area contributed by atoms with Gasteiger partial charge in [-0.25, -0.2) is 4.98 Å². The minimum atomic E-state index is 0.719. The molecule has 1 aromatic heterocycles. The normalized spacial score (nSPS) is 9.00. The standard InChI is InChI=1S/C11H15N3/c1-3-4-5-7-13-11-10(12)9(2)6-8-14-11/h6,8H,5,7,12H2,1-2H3,(H,13,14). The lowest BCUT2D eigenvalue weighted by Crippen LogP contribution is -2.06. The molecular weight excluding hydrogens is 174 g/mol. The van der Waals surface area contributed by atoms with Crippen molar-refractivity contribution in [1.29, 1.82) is 0 Å². The molecule has 74 valence electrons. The number of aryl methyl sites for hydroxylation is 1. The van der Waals surface area contributed by atoms with Crippen LogP contribution < -0.4 is 11.1 Å². The van der Waals surface area contributed by atoms with Gasteiger partial charge < -0.3 is 11.1 Å². The zero-order valence-corrected chi connectivity index (χ0v) is 8.59. The van der Waals surface area contributed by atoms with Gasteiger partial charge in [0.1, 0.15) is 5.82 Å². The lowest BCUT2D eigenvalue weighted by Gasteiger charge is -2.07. The summed E-state index contributed by atoms with van der Waals surface area (Å²) in [5, 5.41) is 3.15. The predicted octanol–water partition coefficient (Wildman–Crippen LogP) is 1.80. The van der Waals surface area contributed by atoms with Crippen LogP contribution in [0.15, 0.2) is 12.3 Å². The summed E-state index contributed by atoms with van der Waals surface area (Å²) in [5.74, 6) is 6.56. The second-order valence-corrected chi connectivity index (χ2v) is 2.99. The van der Waals surface area contributed by atoms with Gasteiger partial charge in [-0.05, 0) is 25.5 Å². The number of nitrogens with one attached hydrogen (secondary N) is 1. The van der Waals surface area contributed by atoms with Crippen LogP contribution in [-0.4, -0.2) is 11.5 Å². The van der Waals surface area contributed by atoms with Crippen molar-refractivity contribution in [3.05, 3.63) is 17.8 Å². The number of pyridine rings is 1. The van der Waals surface area contributed by atoms with E-state index < -0.39 is 0 Å². The van der Waals surface area contributed by atoms with Gasteiger partial charge in [0, 0.05) is 19.2 Å². The number of aromatic nitrogens is 1. The maximum atomic E-state index is 5.84. The predicted molar refractivity (Wildman–Crippen MR) is 59.9 cm³/mol. The average molecular weight is 189 g/mol. The van der Waals surface area contributed by atoms with Gasteiger partial charge >= 0.3 is 0 Å². The third-order valence-electron chi connectivity index (χ3n) is 1.93. The number of nitrogen functional groups attached to an aromatic ring is 1. The lowest BCUT2D eigenvalue weighted by molar-refractivity contribution is 1.07. The van der Waals surface area contributed by atoms with Gasteiger partial charge in [0.2, 0.25) is 0 Å². The Morgan fingerprint density at radius 3 is 3.07 bits per heavy atom. The molecule has 0 aromatic carbocycles. The summed E-state index contributed by atoms with van der Waals surface area (Å²) in [7, 11) is 0. The molecule has 0 radical (unpaired) electrons. The molecule has 0 aliphatic rings. The lowest BCUT2D eigenvalue weighted by atomic mass is 10.2. The van der Waals surface area contributed by atoms with E-state index in [-0.39, 0.29) is 0 Å². The highest BCUT2D eigenvalue weighted by molar-refractivity contribution is 5.64. The number of rotatable bonds is 3. The maximum absolute atomic E-state index is 5.84. The van der Waals surface area contributed by atoms with E-state index in [0.717, 1.165) is 30.0 Å². The molecule has 0 atom stereocenters. The summed E-state index contributed by atoms with van der Waals surface area (Å²) in [6, 6.07) is 1.90. The van der Waals surface area contributed by atoms with E-state index >= 15 is 0 Å². The van der Waals surface area contributed by atoms with Crippen LogP contribution in [0.25, 0.3) is 0 Å². The van der Waals surface area contributed by atoms with E-state index in [1.54, 1.807) is 6.20 Å². The van der Waals surface area contributed by atoms with Crippen molar-refractivity contribution in [2.75, 3.05) is 17.6 Å². The smallest absolute Gasteiger partial charge is 0.149 e. The molecule has 1 heterocycles. The fourth-order valence-electron chi connectivity index (χ4n) is 1.08. The minimum Gasteiger partial charge on any atom is -0.396 e. The summed E-state index contributed by atoms with van der Waals surface area (Å²) in [6.45, 7) is 4.58. The Bertz CT molecular complexity index is 361. The largest absolute Gasteiger partial charge is 0.396 e. The Hall–Kier alpha value is -1.69. The molecular formula is C11H15N3. The molecule has 0 aliphatic heterocycles. The quantitative estimate of drug-likeness (QED) is 0.563. The SMILES string of the molecule is CC#CCCNc1nccc(C)c1N. The monoisotopic (exact) mass is 189 g/mol. The van der Waals surface area contributed by atoms with Crippen molar-refractivity contribution in [2.24, 2.45) is 0 Å². The summed E-state index contributed by atoms with van der Waals surface area (Å²) >= 11 is 0. The number of hydrogen-bond donors (Lipinski definition) is 2. The first-order valence-corrected chi connectivity index (χ1v) is 4.60. The van der Waals surface area contributed by atoms with Crippen LogP contribution in [0.1, 0.15) is 18.9 Å². The number of nitrogens with zero attached hydrogens (tertiary/aromatic N) is 1. The second-order valence-electron chi connectivity index (χ2n) is 2.99. The Labute approximate surface area is 84.7 Å². The van der Waals surface area contributed by atoms with Gasteiger partial charge in [-0.15, -0.1) is 11.8 Å². The third kappa shape index (κ3) is 2.67. The van der Waals surface area contributed by atoms with Crippen LogP contribution in [-0.2, 0) is 0 Å². The molecule has 3 heteroatoms.